The minimum absolute atomic E-state index is 0.810. The van der Waals surface area contributed by atoms with Crippen molar-refractivity contribution in [3.8, 4) is 0 Å². The summed E-state index contributed by atoms with van der Waals surface area (Å²) in [5.74, 6) is 0. The molecule has 1 aromatic rings. The van der Waals surface area contributed by atoms with Crippen molar-refractivity contribution in [2.24, 2.45) is 0 Å². The Morgan fingerprint density at radius 3 is 2.09 bits per heavy atom. The van der Waals surface area contributed by atoms with Crippen molar-refractivity contribution in [1.82, 2.24) is 0 Å². The number of hydrogen-bond acceptors (Lipinski definition) is 1. The van der Waals surface area contributed by atoms with Crippen LogP contribution in [0.15, 0.2) is 24.3 Å². The summed E-state index contributed by atoms with van der Waals surface area (Å²) in [4.78, 5) is 0. The van der Waals surface area contributed by atoms with Crippen molar-refractivity contribution >= 4 is 35.3 Å². The van der Waals surface area contributed by atoms with Crippen molar-refractivity contribution in [3.63, 3.8) is 0 Å². The summed E-state index contributed by atoms with van der Waals surface area (Å²) >= 11 is 14.2. The lowest BCUT2D eigenvalue weighted by Crippen LogP contribution is -1.66. The molecule has 0 aromatic heterocycles. The van der Waals surface area contributed by atoms with Crippen LogP contribution >= 0.6 is 35.3 Å². The van der Waals surface area contributed by atoms with Crippen LogP contribution in [-0.2, 0) is 3.84 Å². The average Bonchev–Trinajstić information content (AvgIpc) is 1.88. The zero-order valence-electron chi connectivity index (χ0n) is 5.85. The zero-order chi connectivity index (χ0) is 8.69. The molecule has 0 aliphatic carbocycles. The highest BCUT2D eigenvalue weighted by Crippen LogP contribution is 2.08. The van der Waals surface area contributed by atoms with Gasteiger partial charge in [-0.05, 0) is 24.6 Å². The molecule has 62 valence electrons. The van der Waals surface area contributed by atoms with E-state index in [0.29, 0.717) is 0 Å². The topological polar surface area (TPSA) is 9.23 Å². The molecule has 0 saturated carbocycles. The van der Waals surface area contributed by atoms with Gasteiger partial charge in [-0.25, -0.2) is 0 Å². The lowest BCUT2D eigenvalue weighted by atomic mass is 10.2. The van der Waals surface area contributed by atoms with Gasteiger partial charge in [0.25, 0.3) is 0 Å². The predicted octanol–water partition coefficient (Wildman–Crippen LogP) is 3.96. The van der Waals surface area contributed by atoms with Crippen LogP contribution < -0.4 is 0 Å². The van der Waals surface area contributed by atoms with Crippen LogP contribution in [0.2, 0.25) is 5.02 Å². The van der Waals surface area contributed by atoms with Crippen LogP contribution in [0.4, 0.5) is 0 Å². The lowest BCUT2D eigenvalue weighted by Gasteiger charge is -1.88. The molecular weight excluding hydrogens is 206 g/mol. The van der Waals surface area contributed by atoms with E-state index in [1.54, 1.807) is 0 Å². The third-order valence-electron chi connectivity index (χ3n) is 0.980. The van der Waals surface area contributed by atoms with E-state index in [4.69, 9.17) is 11.6 Å². The predicted molar refractivity (Wildman–Crippen MR) is 49.0 cm³/mol. The van der Waals surface area contributed by atoms with E-state index in [1.807, 2.05) is 31.2 Å². The average molecular weight is 213 g/mol. The summed E-state index contributed by atoms with van der Waals surface area (Å²) in [7, 11) is 0. The van der Waals surface area contributed by atoms with Crippen molar-refractivity contribution in [2.45, 2.75) is 6.92 Å². The van der Waals surface area contributed by atoms with Gasteiger partial charge >= 0.3 is 0 Å². The van der Waals surface area contributed by atoms with Crippen molar-refractivity contribution in [3.05, 3.63) is 34.9 Å². The first kappa shape index (κ1) is 11.1. The molecule has 11 heavy (non-hydrogen) atoms. The normalized spacial score (nSPS) is 8.36. The van der Waals surface area contributed by atoms with Gasteiger partial charge in [-0.3, -0.25) is 0 Å². The van der Waals surface area contributed by atoms with Gasteiger partial charge in [0, 0.05) is 5.02 Å². The smallest absolute Gasteiger partial charge is 0.0832 e. The van der Waals surface area contributed by atoms with Gasteiger partial charge in [-0.2, -0.15) is 3.84 Å². The van der Waals surface area contributed by atoms with Gasteiger partial charge in [0.1, 0.15) is 0 Å². The molecule has 4 heteroatoms. The summed E-state index contributed by atoms with van der Waals surface area (Å²) in [6, 6.07) is 7.76. The quantitative estimate of drug-likeness (QED) is 0.634. The first-order valence-electron chi connectivity index (χ1n) is 2.82. The number of benzene rings is 1. The largest absolute Gasteiger partial charge is 0.166 e. The van der Waals surface area contributed by atoms with Gasteiger partial charge in [0.05, 0.1) is 23.7 Å². The monoisotopic (exact) mass is 212 g/mol. The molecule has 0 saturated heterocycles. The highest BCUT2D eigenvalue weighted by atomic mass is 35.6. The van der Waals surface area contributed by atoms with E-state index in [2.05, 4.69) is 27.6 Å². The fraction of sp³-hybridized carbons (Fsp3) is 0.143. The fourth-order valence-electron chi connectivity index (χ4n) is 0.606. The maximum absolute atomic E-state index is 5.64. The second kappa shape index (κ2) is 6.74. The molecule has 0 aliphatic heterocycles. The molecule has 0 heterocycles. The number of halogens is 3. The highest BCUT2D eigenvalue weighted by molar-refractivity contribution is 6.30. The Bertz CT molecular complexity index is 185. The minimum Gasteiger partial charge on any atom is -0.166 e. The molecule has 1 nitrogen and oxygen atoms in total. The van der Waals surface area contributed by atoms with Crippen LogP contribution in [0.5, 0.6) is 0 Å². The third-order valence-corrected chi connectivity index (χ3v) is 1.22. The Morgan fingerprint density at radius 2 is 1.82 bits per heavy atom. The summed E-state index contributed by atoms with van der Waals surface area (Å²) in [6.45, 7) is 2.02. The Balaban J connectivity index is 0.000000292. The van der Waals surface area contributed by atoms with Crippen LogP contribution in [0.3, 0.4) is 0 Å². The number of rotatable bonds is 0. The maximum Gasteiger partial charge on any atom is 0.0832 e. The first-order valence-corrected chi connectivity index (χ1v) is 3.81. The molecule has 0 aliphatic rings. The molecule has 0 bridgehead atoms. The van der Waals surface area contributed by atoms with Crippen LogP contribution in [0, 0.1) is 6.92 Å². The van der Waals surface area contributed by atoms with Crippen molar-refractivity contribution in [1.29, 1.82) is 0 Å². The Labute approximate surface area is 81.2 Å². The van der Waals surface area contributed by atoms with Crippen LogP contribution in [-0.4, -0.2) is 0 Å². The zero-order valence-corrected chi connectivity index (χ0v) is 8.12. The van der Waals surface area contributed by atoms with Crippen molar-refractivity contribution < 1.29 is 3.84 Å². The summed E-state index contributed by atoms with van der Waals surface area (Å²) < 4.78 is 3.19. The fourth-order valence-corrected chi connectivity index (χ4v) is 0.850. The molecule has 0 atom stereocenters. The molecule has 0 fully saturated rings. The second-order valence-corrected chi connectivity index (χ2v) is 2.76. The molecule has 0 radical (unpaired) electrons. The third kappa shape index (κ3) is 6.45. The van der Waals surface area contributed by atoms with E-state index in [-0.39, 0.29) is 0 Å². The van der Waals surface area contributed by atoms with E-state index >= 15 is 0 Å². The van der Waals surface area contributed by atoms with E-state index < -0.39 is 0 Å². The standard InChI is InChI=1S/C7H7Cl.Cl2O/c1-6-3-2-4-7(8)5-6;1-3-2/h2-5H,1H3;. The molecule has 1 rings (SSSR count). The Hall–Kier alpha value is 0.0500. The Morgan fingerprint density at radius 1 is 1.27 bits per heavy atom. The van der Waals surface area contributed by atoms with Gasteiger partial charge in [-0.15, -0.1) is 0 Å². The maximum atomic E-state index is 5.64. The van der Waals surface area contributed by atoms with Crippen LogP contribution in [0.1, 0.15) is 5.56 Å². The number of hydrogen-bond donors (Lipinski definition) is 0. The van der Waals surface area contributed by atoms with Gasteiger partial charge in [0.2, 0.25) is 0 Å². The Kier molecular flexibility index (Phi) is 6.77. The van der Waals surface area contributed by atoms with E-state index in [9.17, 15) is 0 Å². The molecule has 0 spiro atoms. The summed E-state index contributed by atoms with van der Waals surface area (Å²) in [6.07, 6.45) is 0. The van der Waals surface area contributed by atoms with E-state index in [1.165, 1.54) is 5.56 Å². The SMILES string of the molecule is Cc1cccc(Cl)c1.ClOCl. The van der Waals surface area contributed by atoms with Gasteiger partial charge in [0.15, 0.2) is 0 Å². The van der Waals surface area contributed by atoms with E-state index in [0.717, 1.165) is 5.02 Å². The highest BCUT2D eigenvalue weighted by Gasteiger charge is 1.82. The minimum atomic E-state index is 0.810. The molecule has 1 aromatic carbocycles. The van der Waals surface area contributed by atoms with Crippen molar-refractivity contribution in [2.75, 3.05) is 0 Å². The number of aryl methyl sites for hydroxylation is 1. The van der Waals surface area contributed by atoms with Gasteiger partial charge < -0.3 is 0 Å². The van der Waals surface area contributed by atoms with Gasteiger partial charge in [-0.1, -0.05) is 23.7 Å². The lowest BCUT2D eigenvalue weighted by molar-refractivity contribution is 0.697. The first-order chi connectivity index (χ1) is 5.20. The summed E-state index contributed by atoms with van der Waals surface area (Å²) in [5, 5.41) is 0.810. The molecule has 0 unspecified atom stereocenters. The molecular formula is C7H7Cl3O. The van der Waals surface area contributed by atoms with Crippen LogP contribution in [0.25, 0.3) is 0 Å². The molecule has 0 amide bonds. The second-order valence-electron chi connectivity index (χ2n) is 1.86. The molecule has 0 N–H and O–H groups in total. The summed E-state index contributed by atoms with van der Waals surface area (Å²) in [5.41, 5.74) is 1.21.